The lowest BCUT2D eigenvalue weighted by molar-refractivity contribution is 0.102. The van der Waals surface area contributed by atoms with Crippen molar-refractivity contribution in [2.24, 2.45) is 0 Å². The van der Waals surface area contributed by atoms with Crippen LogP contribution in [0.4, 0.5) is 11.4 Å². The fourth-order valence-electron chi connectivity index (χ4n) is 2.62. The van der Waals surface area contributed by atoms with Crippen LogP contribution in [0.5, 0.6) is 5.75 Å². The summed E-state index contributed by atoms with van der Waals surface area (Å²) in [6, 6.07) is 17.6. The molecule has 1 amide bonds. The molecule has 0 spiro atoms. The van der Waals surface area contributed by atoms with E-state index in [9.17, 15) is 13.2 Å². The lowest BCUT2D eigenvalue weighted by Crippen LogP contribution is -2.17. The molecule has 0 radical (unpaired) electrons. The molecule has 0 bridgehead atoms. The maximum atomic E-state index is 12.7. The van der Waals surface area contributed by atoms with Crippen LogP contribution >= 0.6 is 11.6 Å². The molecule has 3 rings (SSSR count). The van der Waals surface area contributed by atoms with Crippen LogP contribution in [-0.4, -0.2) is 21.4 Å². The number of nitrogens with one attached hydrogen (secondary N) is 2. The van der Waals surface area contributed by atoms with Gasteiger partial charge in [0.25, 0.3) is 15.9 Å². The van der Waals surface area contributed by atoms with Crippen molar-refractivity contribution >= 4 is 38.9 Å². The van der Waals surface area contributed by atoms with Crippen LogP contribution in [0.2, 0.25) is 5.02 Å². The largest absolute Gasteiger partial charge is 0.497 e. The molecule has 29 heavy (non-hydrogen) atoms. The summed E-state index contributed by atoms with van der Waals surface area (Å²) in [5, 5.41) is 3.29. The zero-order valence-electron chi connectivity index (χ0n) is 15.8. The summed E-state index contributed by atoms with van der Waals surface area (Å²) in [5.41, 5.74) is 1.86. The first kappa shape index (κ1) is 20.7. The number of halogens is 1. The van der Waals surface area contributed by atoms with Crippen LogP contribution in [0.3, 0.4) is 0 Å². The van der Waals surface area contributed by atoms with Gasteiger partial charge in [0, 0.05) is 22.0 Å². The second-order valence-electron chi connectivity index (χ2n) is 6.27. The van der Waals surface area contributed by atoms with Crippen molar-refractivity contribution in [1.29, 1.82) is 0 Å². The van der Waals surface area contributed by atoms with Gasteiger partial charge in [-0.2, -0.15) is 0 Å². The molecule has 0 saturated carbocycles. The number of carbonyl (C=O) groups excluding carboxylic acids is 1. The highest BCUT2D eigenvalue weighted by Gasteiger charge is 2.18. The first-order valence-electron chi connectivity index (χ1n) is 8.63. The maximum absolute atomic E-state index is 12.7. The van der Waals surface area contributed by atoms with E-state index in [1.54, 1.807) is 61.5 Å². The Balaban J connectivity index is 1.84. The molecule has 6 nitrogen and oxygen atoms in total. The molecular weight excluding hydrogens is 412 g/mol. The summed E-state index contributed by atoms with van der Waals surface area (Å²) < 4.78 is 33.1. The van der Waals surface area contributed by atoms with E-state index in [0.29, 0.717) is 27.7 Å². The molecule has 0 unspecified atom stereocenters. The number of amides is 1. The predicted octanol–water partition coefficient (Wildman–Crippen LogP) is 4.71. The molecule has 0 aromatic heterocycles. The maximum Gasteiger partial charge on any atom is 0.261 e. The van der Waals surface area contributed by atoms with Gasteiger partial charge in [0.1, 0.15) is 5.75 Å². The molecule has 0 aliphatic heterocycles. The average molecular weight is 431 g/mol. The normalized spacial score (nSPS) is 11.0. The molecule has 0 saturated heterocycles. The van der Waals surface area contributed by atoms with Crippen molar-refractivity contribution in [2.75, 3.05) is 17.1 Å². The number of ether oxygens (including phenoxy) is 1. The van der Waals surface area contributed by atoms with Crippen molar-refractivity contribution in [1.82, 2.24) is 0 Å². The van der Waals surface area contributed by atoms with E-state index < -0.39 is 15.9 Å². The van der Waals surface area contributed by atoms with Crippen molar-refractivity contribution in [2.45, 2.75) is 11.8 Å². The van der Waals surface area contributed by atoms with Gasteiger partial charge < -0.3 is 10.1 Å². The summed E-state index contributed by atoms with van der Waals surface area (Å²) >= 11 is 5.85. The van der Waals surface area contributed by atoms with E-state index in [0.717, 1.165) is 0 Å². The predicted molar refractivity (Wildman–Crippen MR) is 114 cm³/mol. The number of benzene rings is 3. The van der Waals surface area contributed by atoms with Crippen molar-refractivity contribution < 1.29 is 17.9 Å². The van der Waals surface area contributed by atoms with Gasteiger partial charge in [0.15, 0.2) is 0 Å². The summed E-state index contributed by atoms with van der Waals surface area (Å²) in [5.74, 6) is 0.204. The van der Waals surface area contributed by atoms with Crippen LogP contribution in [0.25, 0.3) is 0 Å². The zero-order valence-corrected chi connectivity index (χ0v) is 17.3. The number of anilines is 2. The van der Waals surface area contributed by atoms with Gasteiger partial charge in [-0.3, -0.25) is 9.52 Å². The minimum absolute atomic E-state index is 0.0137. The summed E-state index contributed by atoms with van der Waals surface area (Å²) in [6.45, 7) is 1.74. The Hall–Kier alpha value is -3.03. The monoisotopic (exact) mass is 430 g/mol. The Bertz CT molecular complexity index is 1130. The Morgan fingerprint density at radius 1 is 0.931 bits per heavy atom. The molecule has 3 aromatic rings. The number of aryl methyl sites for hydroxylation is 1. The van der Waals surface area contributed by atoms with Crippen LogP contribution in [0, 0.1) is 6.92 Å². The minimum Gasteiger partial charge on any atom is -0.497 e. The molecule has 0 heterocycles. The Morgan fingerprint density at radius 3 is 2.17 bits per heavy atom. The van der Waals surface area contributed by atoms with Gasteiger partial charge in [0.2, 0.25) is 0 Å². The van der Waals surface area contributed by atoms with Gasteiger partial charge in [-0.05, 0) is 73.2 Å². The lowest BCUT2D eigenvalue weighted by Gasteiger charge is -2.12. The van der Waals surface area contributed by atoms with E-state index in [-0.39, 0.29) is 10.5 Å². The topological polar surface area (TPSA) is 84.5 Å². The van der Waals surface area contributed by atoms with Crippen molar-refractivity contribution in [3.8, 4) is 5.75 Å². The van der Waals surface area contributed by atoms with Crippen LogP contribution in [0.15, 0.2) is 71.6 Å². The van der Waals surface area contributed by atoms with Crippen molar-refractivity contribution in [3.05, 3.63) is 82.9 Å². The molecule has 8 heteroatoms. The molecule has 3 aromatic carbocycles. The third kappa shape index (κ3) is 5.07. The second-order valence-corrected chi connectivity index (χ2v) is 8.39. The molecule has 0 aliphatic carbocycles. The van der Waals surface area contributed by atoms with E-state index in [2.05, 4.69) is 10.0 Å². The minimum atomic E-state index is -3.87. The number of rotatable bonds is 6. The molecular formula is C21H19ClN2O4S. The Labute approximate surface area is 174 Å². The summed E-state index contributed by atoms with van der Waals surface area (Å²) in [6.07, 6.45) is 0. The van der Waals surface area contributed by atoms with Gasteiger partial charge >= 0.3 is 0 Å². The highest BCUT2D eigenvalue weighted by molar-refractivity contribution is 7.92. The van der Waals surface area contributed by atoms with Gasteiger partial charge in [0.05, 0.1) is 12.0 Å². The molecule has 150 valence electrons. The zero-order chi connectivity index (χ0) is 21.0. The van der Waals surface area contributed by atoms with E-state index in [4.69, 9.17) is 16.3 Å². The standard InChI is InChI=1S/C21H19ClN2O4S/c1-14-3-12-19(29(26,27)24-17-8-10-18(28-2)11-9-17)13-20(14)21(25)23-16-6-4-15(22)5-7-16/h3-13,24H,1-2H3,(H,23,25). The highest BCUT2D eigenvalue weighted by Crippen LogP contribution is 2.22. The van der Waals surface area contributed by atoms with E-state index in [1.165, 1.54) is 19.2 Å². The van der Waals surface area contributed by atoms with Gasteiger partial charge in [-0.1, -0.05) is 17.7 Å². The molecule has 0 atom stereocenters. The smallest absolute Gasteiger partial charge is 0.261 e. The first-order chi connectivity index (χ1) is 13.8. The number of methoxy groups -OCH3 is 1. The van der Waals surface area contributed by atoms with Crippen LogP contribution in [0.1, 0.15) is 15.9 Å². The molecule has 0 fully saturated rings. The quantitative estimate of drug-likeness (QED) is 0.593. The van der Waals surface area contributed by atoms with Gasteiger partial charge in [-0.15, -0.1) is 0 Å². The summed E-state index contributed by atoms with van der Waals surface area (Å²) in [7, 11) is -2.34. The third-order valence-corrected chi connectivity index (χ3v) is 5.84. The number of carbonyl (C=O) groups is 1. The van der Waals surface area contributed by atoms with Gasteiger partial charge in [-0.25, -0.2) is 8.42 Å². The SMILES string of the molecule is COc1ccc(NS(=O)(=O)c2ccc(C)c(C(=O)Nc3ccc(Cl)cc3)c2)cc1. The van der Waals surface area contributed by atoms with Crippen molar-refractivity contribution in [3.63, 3.8) is 0 Å². The van der Waals surface area contributed by atoms with E-state index >= 15 is 0 Å². The third-order valence-electron chi connectivity index (χ3n) is 4.21. The first-order valence-corrected chi connectivity index (χ1v) is 10.5. The average Bonchev–Trinajstić information content (AvgIpc) is 2.70. The Kier molecular flexibility index (Phi) is 6.10. The Morgan fingerprint density at radius 2 is 1.55 bits per heavy atom. The highest BCUT2D eigenvalue weighted by atomic mass is 35.5. The van der Waals surface area contributed by atoms with Crippen LogP contribution in [-0.2, 0) is 10.0 Å². The van der Waals surface area contributed by atoms with E-state index in [1.807, 2.05) is 0 Å². The molecule has 2 N–H and O–H groups in total. The molecule has 0 aliphatic rings. The fourth-order valence-corrected chi connectivity index (χ4v) is 3.83. The second kappa shape index (κ2) is 8.55. The van der Waals surface area contributed by atoms with Crippen LogP contribution < -0.4 is 14.8 Å². The summed E-state index contributed by atoms with van der Waals surface area (Å²) in [4.78, 5) is 12.6. The fraction of sp³-hybridized carbons (Fsp3) is 0.0952. The lowest BCUT2D eigenvalue weighted by atomic mass is 10.1. The number of hydrogen-bond donors (Lipinski definition) is 2. The number of sulfonamides is 1. The number of hydrogen-bond acceptors (Lipinski definition) is 4.